The summed E-state index contributed by atoms with van der Waals surface area (Å²) in [5.74, 6) is 1.69. The minimum Gasteiger partial charge on any atom is -0.350 e. The van der Waals surface area contributed by atoms with Gasteiger partial charge in [-0.1, -0.05) is 5.98 Å². The molecular formula is C3H5BN3O. The molecule has 1 aliphatic rings. The summed E-state index contributed by atoms with van der Waals surface area (Å²) in [5.41, 5.74) is 4.85. The van der Waals surface area contributed by atoms with Crippen LogP contribution < -0.4 is 11.1 Å². The number of rotatable bonds is 0. The van der Waals surface area contributed by atoms with Gasteiger partial charge in [0.2, 0.25) is 0 Å². The van der Waals surface area contributed by atoms with Crippen LogP contribution in [0.2, 0.25) is 0 Å². The van der Waals surface area contributed by atoms with Crippen molar-refractivity contribution in [3.63, 3.8) is 0 Å². The molecule has 0 atom stereocenters. The van der Waals surface area contributed by atoms with E-state index in [1.54, 1.807) is 19.6 Å². The van der Waals surface area contributed by atoms with Gasteiger partial charge in [0, 0.05) is 6.20 Å². The molecule has 4 nitrogen and oxygen atoms in total. The predicted molar refractivity (Wildman–Crippen MR) is 29.5 cm³/mol. The van der Waals surface area contributed by atoms with E-state index in [1.165, 1.54) is 5.01 Å². The largest absolute Gasteiger partial charge is 0.350 e. The highest BCUT2D eigenvalue weighted by Gasteiger charge is 2.07. The molecule has 0 fully saturated rings. The number of nitrogens with two attached hydrogens (primary N) is 1. The Kier molecular flexibility index (Phi) is 1.21. The predicted octanol–water partition coefficient (Wildman–Crippen LogP) is -1.02. The van der Waals surface area contributed by atoms with Crippen LogP contribution in [-0.2, 0) is 0 Å². The average molecular weight is 110 g/mol. The van der Waals surface area contributed by atoms with Crippen molar-refractivity contribution in [3.05, 3.63) is 12.2 Å². The first kappa shape index (κ1) is 5.18. The van der Waals surface area contributed by atoms with Crippen molar-refractivity contribution in [2.45, 2.75) is 0 Å². The molecule has 8 heavy (non-hydrogen) atoms. The minimum absolute atomic E-state index is 0.505. The van der Waals surface area contributed by atoms with E-state index in [4.69, 9.17) is 5.73 Å². The molecule has 2 amide bonds. The third kappa shape index (κ3) is 0.814. The van der Waals surface area contributed by atoms with Crippen LogP contribution in [0, 0.1) is 0 Å². The molecule has 0 aliphatic carbocycles. The van der Waals surface area contributed by atoms with Crippen molar-refractivity contribution in [2.75, 3.05) is 0 Å². The highest BCUT2D eigenvalue weighted by molar-refractivity contribution is 6.40. The van der Waals surface area contributed by atoms with Gasteiger partial charge in [-0.2, -0.15) is 0 Å². The van der Waals surface area contributed by atoms with E-state index in [2.05, 4.69) is 5.34 Å². The zero-order valence-electron chi connectivity index (χ0n) is 4.16. The molecule has 0 saturated heterocycles. The van der Waals surface area contributed by atoms with Crippen molar-refractivity contribution in [1.29, 1.82) is 0 Å². The number of hydrazine groups is 1. The molecule has 0 aromatic rings. The molecule has 1 radical (unpaired) electrons. The Bertz CT molecular complexity index is 134. The molecule has 1 aliphatic heterocycles. The summed E-state index contributed by atoms with van der Waals surface area (Å²) in [6, 6.07) is -0.505. The van der Waals surface area contributed by atoms with Crippen LogP contribution in [0.5, 0.6) is 0 Å². The third-order valence-corrected chi connectivity index (χ3v) is 0.782. The zero-order chi connectivity index (χ0) is 5.98. The van der Waals surface area contributed by atoms with Crippen LogP contribution in [0.15, 0.2) is 12.2 Å². The van der Waals surface area contributed by atoms with Gasteiger partial charge in [-0.05, 0) is 0 Å². The number of urea groups is 1. The second-order valence-electron chi connectivity index (χ2n) is 1.35. The topological polar surface area (TPSA) is 58.4 Å². The maximum atomic E-state index is 10.2. The number of hydrogen-bond donors (Lipinski definition) is 2. The first-order valence-corrected chi connectivity index (χ1v) is 2.15. The fraction of sp³-hybridized carbons (Fsp3) is 0. The van der Waals surface area contributed by atoms with Gasteiger partial charge in [0.1, 0.15) is 0 Å². The van der Waals surface area contributed by atoms with E-state index in [0.717, 1.165) is 0 Å². The highest BCUT2D eigenvalue weighted by atomic mass is 16.2. The van der Waals surface area contributed by atoms with E-state index >= 15 is 0 Å². The Balaban J connectivity index is 2.48. The molecule has 5 heteroatoms. The van der Waals surface area contributed by atoms with Crippen molar-refractivity contribution < 1.29 is 4.79 Å². The first-order chi connectivity index (χ1) is 3.80. The summed E-state index contributed by atoms with van der Waals surface area (Å²) in [4.78, 5) is 10.2. The second-order valence-corrected chi connectivity index (χ2v) is 1.35. The molecule has 3 N–H and O–H groups in total. The number of carbonyl (C=O) groups is 1. The molecule has 0 aromatic heterocycles. The van der Waals surface area contributed by atoms with E-state index in [-0.39, 0.29) is 0 Å². The average Bonchev–Trinajstić information content (AvgIpc) is 2.12. The monoisotopic (exact) mass is 110 g/mol. The molecule has 0 aromatic carbocycles. The number of primary amides is 1. The fourth-order valence-corrected chi connectivity index (χ4v) is 0.433. The van der Waals surface area contributed by atoms with Crippen LogP contribution in [0.1, 0.15) is 0 Å². The maximum absolute atomic E-state index is 10.2. The lowest BCUT2D eigenvalue weighted by atomic mass is 10.00. The van der Waals surface area contributed by atoms with Gasteiger partial charge in [0.15, 0.2) is 0 Å². The van der Waals surface area contributed by atoms with Gasteiger partial charge >= 0.3 is 6.03 Å². The molecule has 0 unspecified atom stereocenters. The van der Waals surface area contributed by atoms with Gasteiger partial charge in [-0.3, -0.25) is 5.34 Å². The molecular weight excluding hydrogens is 105 g/mol. The van der Waals surface area contributed by atoms with E-state index in [1.807, 2.05) is 0 Å². The van der Waals surface area contributed by atoms with Gasteiger partial charge < -0.3 is 5.73 Å². The van der Waals surface area contributed by atoms with Crippen molar-refractivity contribution in [1.82, 2.24) is 10.3 Å². The van der Waals surface area contributed by atoms with E-state index < -0.39 is 6.03 Å². The Hall–Kier alpha value is -0.965. The van der Waals surface area contributed by atoms with Gasteiger partial charge in [0.25, 0.3) is 7.41 Å². The first-order valence-electron chi connectivity index (χ1n) is 2.15. The number of nitrogens with zero attached hydrogens (tertiary/aromatic N) is 1. The van der Waals surface area contributed by atoms with E-state index in [0.29, 0.717) is 0 Å². The normalized spacial score (nSPS) is 16.2. The lowest BCUT2D eigenvalue weighted by Gasteiger charge is -2.08. The van der Waals surface area contributed by atoms with Gasteiger partial charge in [0.05, 0.1) is 0 Å². The number of nitrogens with one attached hydrogen (secondary N) is 1. The highest BCUT2D eigenvalue weighted by Crippen LogP contribution is 1.87. The summed E-state index contributed by atoms with van der Waals surface area (Å²) in [6.07, 6.45) is 1.54. The van der Waals surface area contributed by atoms with Crippen molar-refractivity contribution >= 4 is 13.4 Å². The van der Waals surface area contributed by atoms with Crippen LogP contribution >= 0.6 is 0 Å². The molecule has 0 bridgehead atoms. The maximum Gasteiger partial charge on any atom is 0.332 e. The number of carbonyl (C=O) groups excluding carboxylic acids is 1. The lowest BCUT2D eigenvalue weighted by Crippen LogP contribution is -2.39. The molecule has 1 rings (SSSR count). The van der Waals surface area contributed by atoms with Crippen molar-refractivity contribution in [2.24, 2.45) is 5.73 Å². The number of hydrogen-bond acceptors (Lipinski definition) is 2. The quantitative estimate of drug-likeness (QED) is 0.392. The summed E-state index contributed by atoms with van der Waals surface area (Å²) in [6.45, 7) is 0. The van der Waals surface area contributed by atoms with Gasteiger partial charge in [-0.25, -0.2) is 9.80 Å². The SMILES string of the molecule is NC(=O)N1C=C[B]N1. The van der Waals surface area contributed by atoms with Crippen LogP contribution in [0.4, 0.5) is 4.79 Å². The fourth-order valence-electron chi connectivity index (χ4n) is 0.433. The second kappa shape index (κ2) is 1.87. The van der Waals surface area contributed by atoms with Gasteiger partial charge in [-0.15, -0.1) is 0 Å². The third-order valence-electron chi connectivity index (χ3n) is 0.782. The number of amides is 2. The molecule has 0 spiro atoms. The summed E-state index contributed by atoms with van der Waals surface area (Å²) in [5, 5.41) is 3.76. The van der Waals surface area contributed by atoms with E-state index in [9.17, 15) is 4.79 Å². The standard InChI is InChI=1S/C3H5BN3O/c5-3(8)7-2-1-4-6-7/h1-2,6H,(H2,5,8). The zero-order valence-corrected chi connectivity index (χ0v) is 4.16. The molecule has 0 saturated carbocycles. The van der Waals surface area contributed by atoms with Crippen LogP contribution in [0.25, 0.3) is 0 Å². The minimum atomic E-state index is -0.505. The van der Waals surface area contributed by atoms with Crippen LogP contribution in [0.3, 0.4) is 0 Å². The molecule has 41 valence electrons. The Labute approximate surface area is 47.6 Å². The molecule has 1 heterocycles. The van der Waals surface area contributed by atoms with Crippen molar-refractivity contribution in [3.8, 4) is 0 Å². The Morgan fingerprint density at radius 3 is 2.88 bits per heavy atom. The Morgan fingerprint density at radius 2 is 2.62 bits per heavy atom. The summed E-state index contributed by atoms with van der Waals surface area (Å²) in [7, 11) is 1.62. The smallest absolute Gasteiger partial charge is 0.332 e. The Morgan fingerprint density at radius 1 is 1.88 bits per heavy atom. The summed E-state index contributed by atoms with van der Waals surface area (Å²) >= 11 is 0. The lowest BCUT2D eigenvalue weighted by molar-refractivity contribution is 0.220. The van der Waals surface area contributed by atoms with Crippen LogP contribution in [-0.4, -0.2) is 18.5 Å². The summed E-state index contributed by atoms with van der Waals surface area (Å²) < 4.78 is 0.